The zero-order valence-electron chi connectivity index (χ0n) is 9.36. The molecule has 1 aromatic carbocycles. The lowest BCUT2D eigenvalue weighted by Gasteiger charge is -2.36. The molecule has 0 amide bonds. The summed E-state index contributed by atoms with van der Waals surface area (Å²) in [4.78, 5) is 1.40. The van der Waals surface area contributed by atoms with Crippen LogP contribution in [0.4, 0.5) is 0 Å². The molecule has 0 bridgehead atoms. The van der Waals surface area contributed by atoms with Gasteiger partial charge in [0, 0.05) is 11.4 Å². The first kappa shape index (κ1) is 10.1. The van der Waals surface area contributed by atoms with Crippen LogP contribution in [0.15, 0.2) is 41.8 Å². The van der Waals surface area contributed by atoms with E-state index < -0.39 is 0 Å². The molecule has 1 nitrogen and oxygen atoms in total. The summed E-state index contributed by atoms with van der Waals surface area (Å²) in [6, 6.07) is 13.1. The Morgan fingerprint density at radius 1 is 1.19 bits per heavy atom. The number of fused-ring (bicyclic) bond motifs is 1. The predicted octanol–water partition coefficient (Wildman–Crippen LogP) is 3.16. The molecule has 1 N–H and O–H groups in total. The third kappa shape index (κ3) is 1.41. The van der Waals surface area contributed by atoms with Crippen LogP contribution in [0.2, 0.25) is 0 Å². The predicted molar refractivity (Wildman–Crippen MR) is 68.9 cm³/mol. The number of hydrogen-bond acceptors (Lipinski definition) is 2. The molecule has 82 valence electrons. The van der Waals surface area contributed by atoms with Crippen molar-refractivity contribution in [3.63, 3.8) is 0 Å². The van der Waals surface area contributed by atoms with Crippen molar-refractivity contribution in [3.8, 4) is 0 Å². The molecule has 0 saturated heterocycles. The van der Waals surface area contributed by atoms with Gasteiger partial charge in [-0.05, 0) is 35.9 Å². The van der Waals surface area contributed by atoms with Gasteiger partial charge in [-0.1, -0.05) is 30.3 Å². The Balaban J connectivity index is 2.17. The second-order valence-corrected chi connectivity index (χ2v) is 5.38. The molecular weight excluding hydrogens is 214 g/mol. The summed E-state index contributed by atoms with van der Waals surface area (Å²) in [6.07, 6.45) is 1.14. The standard InChI is InChI=1S/C14H15NS/c1-14(13-7-4-10-16-13)12-6-3-2-5-11(12)8-9-15-14/h2-7,10,15H,8-9H2,1H3/t14-/m0/s1. The van der Waals surface area contributed by atoms with E-state index in [4.69, 9.17) is 0 Å². The molecule has 0 radical (unpaired) electrons. The SMILES string of the molecule is C[C@]1(c2cccs2)NCCc2ccccc21. The molecule has 3 rings (SSSR count). The van der Waals surface area contributed by atoms with E-state index in [1.165, 1.54) is 16.0 Å². The van der Waals surface area contributed by atoms with Crippen molar-refractivity contribution < 1.29 is 0 Å². The van der Waals surface area contributed by atoms with Crippen LogP contribution in [0.1, 0.15) is 22.9 Å². The van der Waals surface area contributed by atoms with E-state index in [1.54, 1.807) is 0 Å². The van der Waals surface area contributed by atoms with Crippen molar-refractivity contribution in [3.05, 3.63) is 57.8 Å². The van der Waals surface area contributed by atoms with Crippen LogP contribution < -0.4 is 5.32 Å². The van der Waals surface area contributed by atoms with Gasteiger partial charge in [-0.25, -0.2) is 0 Å². The van der Waals surface area contributed by atoms with Crippen LogP contribution in [0, 0.1) is 0 Å². The van der Waals surface area contributed by atoms with Gasteiger partial charge < -0.3 is 5.32 Å². The monoisotopic (exact) mass is 229 g/mol. The zero-order chi connectivity index (χ0) is 11.0. The van der Waals surface area contributed by atoms with E-state index in [0.29, 0.717) is 0 Å². The summed E-state index contributed by atoms with van der Waals surface area (Å²) in [6.45, 7) is 3.35. The van der Waals surface area contributed by atoms with Crippen LogP contribution in [0.25, 0.3) is 0 Å². The maximum absolute atomic E-state index is 3.66. The molecule has 0 fully saturated rings. The summed E-state index contributed by atoms with van der Waals surface area (Å²) < 4.78 is 0. The van der Waals surface area contributed by atoms with Gasteiger partial charge in [-0.15, -0.1) is 11.3 Å². The Kier molecular flexibility index (Phi) is 2.34. The van der Waals surface area contributed by atoms with Gasteiger partial charge in [0.1, 0.15) is 0 Å². The Labute approximate surface area is 100 Å². The third-order valence-corrected chi connectivity index (χ3v) is 4.53. The number of benzene rings is 1. The van der Waals surface area contributed by atoms with Crippen molar-refractivity contribution >= 4 is 11.3 Å². The van der Waals surface area contributed by atoms with E-state index in [2.05, 4.69) is 54.0 Å². The lowest BCUT2D eigenvalue weighted by atomic mass is 9.83. The van der Waals surface area contributed by atoms with Gasteiger partial charge in [0.05, 0.1) is 5.54 Å². The molecule has 0 unspecified atom stereocenters. The molecule has 1 aliphatic heterocycles. The highest BCUT2D eigenvalue weighted by molar-refractivity contribution is 7.10. The van der Waals surface area contributed by atoms with Crippen LogP contribution in [-0.4, -0.2) is 6.54 Å². The molecule has 2 heteroatoms. The van der Waals surface area contributed by atoms with E-state index in [-0.39, 0.29) is 5.54 Å². The molecular formula is C14H15NS. The van der Waals surface area contributed by atoms with Crippen molar-refractivity contribution in [2.45, 2.75) is 18.9 Å². The molecule has 16 heavy (non-hydrogen) atoms. The second-order valence-electron chi connectivity index (χ2n) is 4.44. The number of hydrogen-bond donors (Lipinski definition) is 1. The van der Waals surface area contributed by atoms with E-state index in [0.717, 1.165) is 13.0 Å². The summed E-state index contributed by atoms with van der Waals surface area (Å²) in [5.74, 6) is 0. The highest BCUT2D eigenvalue weighted by atomic mass is 32.1. The Morgan fingerprint density at radius 3 is 2.88 bits per heavy atom. The highest BCUT2D eigenvalue weighted by Crippen LogP contribution is 2.36. The maximum Gasteiger partial charge on any atom is 0.0758 e. The largest absolute Gasteiger partial charge is 0.303 e. The van der Waals surface area contributed by atoms with Crippen LogP contribution >= 0.6 is 11.3 Å². The van der Waals surface area contributed by atoms with Crippen LogP contribution in [0.5, 0.6) is 0 Å². The van der Waals surface area contributed by atoms with Crippen molar-refractivity contribution in [1.29, 1.82) is 0 Å². The van der Waals surface area contributed by atoms with Gasteiger partial charge >= 0.3 is 0 Å². The van der Waals surface area contributed by atoms with Crippen LogP contribution in [0.3, 0.4) is 0 Å². The molecule has 0 spiro atoms. The Bertz CT molecular complexity index is 489. The molecule has 0 aliphatic carbocycles. The molecule has 1 atom stereocenters. The zero-order valence-corrected chi connectivity index (χ0v) is 10.2. The summed E-state index contributed by atoms with van der Waals surface area (Å²) in [5, 5.41) is 5.82. The van der Waals surface area contributed by atoms with E-state index >= 15 is 0 Å². The second kappa shape index (κ2) is 3.72. The Morgan fingerprint density at radius 2 is 2.06 bits per heavy atom. The van der Waals surface area contributed by atoms with Gasteiger partial charge in [-0.3, -0.25) is 0 Å². The van der Waals surface area contributed by atoms with Crippen molar-refractivity contribution in [2.75, 3.05) is 6.54 Å². The van der Waals surface area contributed by atoms with E-state index in [9.17, 15) is 0 Å². The quantitative estimate of drug-likeness (QED) is 0.792. The topological polar surface area (TPSA) is 12.0 Å². The van der Waals surface area contributed by atoms with Crippen molar-refractivity contribution in [1.82, 2.24) is 5.32 Å². The first-order chi connectivity index (χ1) is 7.81. The number of rotatable bonds is 1. The summed E-state index contributed by atoms with van der Waals surface area (Å²) in [5.41, 5.74) is 2.92. The van der Waals surface area contributed by atoms with Gasteiger partial charge in [0.2, 0.25) is 0 Å². The average molecular weight is 229 g/mol. The van der Waals surface area contributed by atoms with E-state index in [1.807, 2.05) is 11.3 Å². The molecule has 0 saturated carbocycles. The molecule has 2 heterocycles. The van der Waals surface area contributed by atoms with Gasteiger partial charge in [0.15, 0.2) is 0 Å². The maximum atomic E-state index is 3.66. The number of thiophene rings is 1. The molecule has 1 aromatic heterocycles. The van der Waals surface area contributed by atoms with Gasteiger partial charge in [0.25, 0.3) is 0 Å². The fraction of sp³-hybridized carbons (Fsp3) is 0.286. The third-order valence-electron chi connectivity index (χ3n) is 3.44. The summed E-state index contributed by atoms with van der Waals surface area (Å²) in [7, 11) is 0. The minimum absolute atomic E-state index is 0.00299. The molecule has 1 aliphatic rings. The minimum atomic E-state index is 0.00299. The fourth-order valence-corrected chi connectivity index (χ4v) is 3.43. The summed E-state index contributed by atoms with van der Waals surface area (Å²) >= 11 is 1.83. The first-order valence-electron chi connectivity index (χ1n) is 5.68. The normalized spacial score (nSPS) is 24.1. The highest BCUT2D eigenvalue weighted by Gasteiger charge is 2.33. The van der Waals surface area contributed by atoms with Gasteiger partial charge in [-0.2, -0.15) is 0 Å². The average Bonchev–Trinajstić information content (AvgIpc) is 2.84. The minimum Gasteiger partial charge on any atom is -0.303 e. The smallest absolute Gasteiger partial charge is 0.0758 e. The lowest BCUT2D eigenvalue weighted by Crippen LogP contribution is -2.45. The Hall–Kier alpha value is -1.12. The van der Waals surface area contributed by atoms with Crippen LogP contribution in [-0.2, 0) is 12.0 Å². The lowest BCUT2D eigenvalue weighted by molar-refractivity contribution is 0.422. The fourth-order valence-electron chi connectivity index (χ4n) is 2.55. The molecule has 2 aromatic rings. The van der Waals surface area contributed by atoms with Crippen molar-refractivity contribution in [2.24, 2.45) is 0 Å². The first-order valence-corrected chi connectivity index (χ1v) is 6.56. The number of nitrogens with one attached hydrogen (secondary N) is 1.